The molecule has 0 saturated carbocycles. The minimum Gasteiger partial charge on any atom is -0.361 e. The van der Waals surface area contributed by atoms with Crippen LogP contribution in [0.2, 0.25) is 0 Å². The fourth-order valence-electron chi connectivity index (χ4n) is 2.32. The van der Waals surface area contributed by atoms with Gasteiger partial charge in [-0.3, -0.25) is 0 Å². The van der Waals surface area contributed by atoms with E-state index in [9.17, 15) is 13.2 Å². The van der Waals surface area contributed by atoms with Crippen molar-refractivity contribution in [3.05, 3.63) is 46.5 Å². The molecular weight excluding hydrogens is 387 g/mol. The van der Waals surface area contributed by atoms with Gasteiger partial charge in [0.2, 0.25) is 5.82 Å². The van der Waals surface area contributed by atoms with Crippen molar-refractivity contribution in [3.63, 3.8) is 0 Å². The third kappa shape index (κ3) is 3.21. The number of halogens is 4. The number of anilines is 1. The summed E-state index contributed by atoms with van der Waals surface area (Å²) >= 11 is 3.38. The maximum absolute atomic E-state index is 13.1. The molecule has 0 aliphatic heterocycles. The Kier molecular flexibility index (Phi) is 4.20. The van der Waals surface area contributed by atoms with Crippen molar-refractivity contribution in [1.29, 1.82) is 0 Å². The molecule has 2 heterocycles. The van der Waals surface area contributed by atoms with Gasteiger partial charge >= 0.3 is 6.18 Å². The smallest absolute Gasteiger partial charge is 0.361 e. The standard InChI is InChI=1S/C15H13BrF3N5/c1-23(2)12-11-13(22-14(21-12)15(17,18)19)24(8-20-11)7-9-4-3-5-10(16)6-9/h3-6,8H,7H2,1-2H3. The van der Waals surface area contributed by atoms with E-state index in [0.29, 0.717) is 12.1 Å². The second-order valence-electron chi connectivity index (χ2n) is 5.44. The summed E-state index contributed by atoms with van der Waals surface area (Å²) in [5, 5.41) is 0. The highest BCUT2D eigenvalue weighted by Gasteiger charge is 2.36. The van der Waals surface area contributed by atoms with Crippen molar-refractivity contribution in [2.45, 2.75) is 12.7 Å². The van der Waals surface area contributed by atoms with E-state index in [1.165, 1.54) is 11.2 Å². The Balaban J connectivity index is 2.14. The molecule has 0 N–H and O–H groups in total. The predicted molar refractivity (Wildman–Crippen MR) is 87.9 cm³/mol. The van der Waals surface area contributed by atoms with E-state index in [0.717, 1.165) is 10.0 Å². The molecular formula is C15H13BrF3N5. The Morgan fingerprint density at radius 1 is 1.21 bits per heavy atom. The Hall–Kier alpha value is -2.16. The zero-order chi connectivity index (χ0) is 17.5. The molecule has 3 rings (SSSR count). The maximum atomic E-state index is 13.1. The van der Waals surface area contributed by atoms with Gasteiger partial charge in [0.15, 0.2) is 17.0 Å². The zero-order valence-electron chi connectivity index (χ0n) is 12.8. The van der Waals surface area contributed by atoms with Crippen molar-refractivity contribution >= 4 is 32.9 Å². The zero-order valence-corrected chi connectivity index (χ0v) is 14.4. The molecule has 1 aromatic carbocycles. The summed E-state index contributed by atoms with van der Waals surface area (Å²) in [6.45, 7) is 0.358. The first-order chi connectivity index (χ1) is 11.3. The van der Waals surface area contributed by atoms with Crippen molar-refractivity contribution in [2.24, 2.45) is 0 Å². The highest BCUT2D eigenvalue weighted by Crippen LogP contribution is 2.30. The van der Waals surface area contributed by atoms with E-state index in [2.05, 4.69) is 30.9 Å². The van der Waals surface area contributed by atoms with Crippen LogP contribution in [0, 0.1) is 0 Å². The Bertz CT molecular complexity index is 888. The minimum atomic E-state index is -4.62. The van der Waals surface area contributed by atoms with Crippen LogP contribution in [-0.2, 0) is 12.7 Å². The summed E-state index contributed by atoms with van der Waals surface area (Å²) in [6.07, 6.45) is -3.14. The molecule has 126 valence electrons. The van der Waals surface area contributed by atoms with Gasteiger partial charge in [0.05, 0.1) is 12.9 Å². The number of hydrogen-bond donors (Lipinski definition) is 0. The van der Waals surface area contributed by atoms with Crippen LogP contribution in [0.1, 0.15) is 11.4 Å². The topological polar surface area (TPSA) is 46.8 Å². The molecule has 5 nitrogen and oxygen atoms in total. The minimum absolute atomic E-state index is 0.139. The Morgan fingerprint density at radius 3 is 2.58 bits per heavy atom. The van der Waals surface area contributed by atoms with Gasteiger partial charge in [-0.05, 0) is 17.7 Å². The predicted octanol–water partition coefficient (Wildman–Crippen LogP) is 3.72. The molecule has 0 aliphatic carbocycles. The van der Waals surface area contributed by atoms with Crippen LogP contribution in [0.25, 0.3) is 11.2 Å². The summed E-state index contributed by atoms with van der Waals surface area (Å²) in [4.78, 5) is 13.0. The molecule has 0 saturated heterocycles. The quantitative estimate of drug-likeness (QED) is 0.673. The van der Waals surface area contributed by atoms with Crippen LogP contribution < -0.4 is 4.90 Å². The summed E-state index contributed by atoms with van der Waals surface area (Å²) in [5.41, 5.74) is 1.41. The molecule has 0 spiro atoms. The van der Waals surface area contributed by atoms with Crippen LogP contribution >= 0.6 is 15.9 Å². The average Bonchev–Trinajstić information content (AvgIpc) is 2.88. The number of rotatable bonds is 3. The third-order valence-electron chi connectivity index (χ3n) is 3.36. The number of benzene rings is 1. The molecule has 0 aliphatic rings. The SMILES string of the molecule is CN(C)c1nc(C(F)(F)F)nc2c1ncn2Cc1cccc(Br)c1. The summed E-state index contributed by atoms with van der Waals surface area (Å²) in [7, 11) is 3.24. The van der Waals surface area contributed by atoms with Gasteiger partial charge in [0.1, 0.15) is 0 Å². The average molecular weight is 400 g/mol. The molecule has 0 radical (unpaired) electrons. The van der Waals surface area contributed by atoms with Gasteiger partial charge in [-0.1, -0.05) is 28.1 Å². The largest absolute Gasteiger partial charge is 0.451 e. The van der Waals surface area contributed by atoms with Gasteiger partial charge in [0.25, 0.3) is 0 Å². The number of hydrogen-bond acceptors (Lipinski definition) is 4. The number of fused-ring (bicyclic) bond motifs is 1. The fourth-order valence-corrected chi connectivity index (χ4v) is 2.76. The van der Waals surface area contributed by atoms with Crippen molar-refractivity contribution in [3.8, 4) is 0 Å². The molecule has 0 fully saturated rings. The van der Waals surface area contributed by atoms with E-state index in [4.69, 9.17) is 0 Å². The first kappa shape index (κ1) is 16.7. The van der Waals surface area contributed by atoms with Crippen molar-refractivity contribution in [1.82, 2.24) is 19.5 Å². The van der Waals surface area contributed by atoms with Crippen LogP contribution in [-0.4, -0.2) is 33.6 Å². The van der Waals surface area contributed by atoms with E-state index >= 15 is 0 Å². The molecule has 24 heavy (non-hydrogen) atoms. The highest BCUT2D eigenvalue weighted by atomic mass is 79.9. The van der Waals surface area contributed by atoms with E-state index in [1.54, 1.807) is 18.7 Å². The molecule has 0 unspecified atom stereocenters. The molecule has 2 aromatic heterocycles. The van der Waals surface area contributed by atoms with Crippen LogP contribution in [0.4, 0.5) is 19.0 Å². The summed E-state index contributed by atoms with van der Waals surface area (Å²) in [5.74, 6) is -1.03. The molecule has 0 bridgehead atoms. The Labute approximate surface area is 144 Å². The summed E-state index contributed by atoms with van der Waals surface area (Å²) < 4.78 is 41.8. The molecule has 0 atom stereocenters. The first-order valence-electron chi connectivity index (χ1n) is 6.97. The highest BCUT2D eigenvalue weighted by molar-refractivity contribution is 9.10. The first-order valence-corrected chi connectivity index (χ1v) is 7.77. The van der Waals surface area contributed by atoms with E-state index < -0.39 is 12.0 Å². The lowest BCUT2D eigenvalue weighted by atomic mass is 10.2. The number of imidazole rings is 1. The van der Waals surface area contributed by atoms with Crippen LogP contribution in [0.15, 0.2) is 35.1 Å². The van der Waals surface area contributed by atoms with E-state index in [-0.39, 0.29) is 11.5 Å². The Morgan fingerprint density at radius 2 is 1.96 bits per heavy atom. The monoisotopic (exact) mass is 399 g/mol. The van der Waals surface area contributed by atoms with Gasteiger partial charge in [0, 0.05) is 18.6 Å². The van der Waals surface area contributed by atoms with Gasteiger partial charge in [-0.25, -0.2) is 15.0 Å². The molecule has 9 heteroatoms. The second-order valence-corrected chi connectivity index (χ2v) is 6.35. The second kappa shape index (κ2) is 6.04. The summed E-state index contributed by atoms with van der Waals surface area (Å²) in [6, 6.07) is 7.52. The molecule has 3 aromatic rings. The lowest BCUT2D eigenvalue weighted by Crippen LogP contribution is -2.18. The lowest BCUT2D eigenvalue weighted by Gasteiger charge is -2.14. The number of aromatic nitrogens is 4. The van der Waals surface area contributed by atoms with Crippen molar-refractivity contribution in [2.75, 3.05) is 19.0 Å². The van der Waals surface area contributed by atoms with Gasteiger partial charge < -0.3 is 9.47 Å². The normalized spacial score (nSPS) is 11.9. The van der Waals surface area contributed by atoms with E-state index in [1.807, 2.05) is 24.3 Å². The fraction of sp³-hybridized carbons (Fsp3) is 0.267. The lowest BCUT2D eigenvalue weighted by molar-refractivity contribution is -0.144. The molecule has 0 amide bonds. The number of alkyl halides is 3. The maximum Gasteiger partial charge on any atom is 0.451 e. The third-order valence-corrected chi connectivity index (χ3v) is 3.86. The van der Waals surface area contributed by atoms with Crippen LogP contribution in [0.3, 0.4) is 0 Å². The number of nitrogens with zero attached hydrogens (tertiary/aromatic N) is 5. The van der Waals surface area contributed by atoms with Crippen molar-refractivity contribution < 1.29 is 13.2 Å². The van der Waals surface area contributed by atoms with Gasteiger partial charge in [-0.15, -0.1) is 0 Å². The van der Waals surface area contributed by atoms with Gasteiger partial charge in [-0.2, -0.15) is 13.2 Å². The van der Waals surface area contributed by atoms with Crippen LogP contribution in [0.5, 0.6) is 0 Å².